The van der Waals surface area contributed by atoms with Crippen molar-refractivity contribution in [2.45, 2.75) is 39.5 Å². The number of aromatic amines is 1. The lowest BCUT2D eigenvalue weighted by Crippen LogP contribution is -2.47. The number of piperidine rings is 1. The maximum atomic E-state index is 12.5. The van der Waals surface area contributed by atoms with Gasteiger partial charge < -0.3 is 15.4 Å². The Hall–Kier alpha value is -2.19. The van der Waals surface area contributed by atoms with E-state index < -0.39 is 0 Å². The first-order chi connectivity index (χ1) is 13.4. The molecule has 1 aliphatic rings. The summed E-state index contributed by atoms with van der Waals surface area (Å²) in [4.78, 5) is 29.3. The molecule has 0 saturated carbocycles. The number of methoxy groups -OCH3 is 1. The van der Waals surface area contributed by atoms with Gasteiger partial charge in [0.2, 0.25) is 5.91 Å². The summed E-state index contributed by atoms with van der Waals surface area (Å²) < 4.78 is 7.05. The third kappa shape index (κ3) is 4.12. The van der Waals surface area contributed by atoms with Gasteiger partial charge in [-0.25, -0.2) is 4.98 Å². The summed E-state index contributed by atoms with van der Waals surface area (Å²) in [5.74, 6) is 0.0230. The Morgan fingerprint density at radius 1 is 1.32 bits per heavy atom. The molecule has 3 heterocycles. The van der Waals surface area contributed by atoms with E-state index in [1.54, 1.807) is 18.8 Å². The Balaban J connectivity index is 1.66. The van der Waals surface area contributed by atoms with Crippen LogP contribution in [-0.4, -0.2) is 54.0 Å². The van der Waals surface area contributed by atoms with Crippen molar-refractivity contribution in [1.82, 2.24) is 25.4 Å². The fourth-order valence-electron chi connectivity index (χ4n) is 4.26. The Bertz CT molecular complexity index is 903. The van der Waals surface area contributed by atoms with E-state index in [2.05, 4.69) is 20.7 Å². The van der Waals surface area contributed by atoms with E-state index in [0.717, 1.165) is 42.8 Å². The van der Waals surface area contributed by atoms with Crippen LogP contribution in [0.2, 0.25) is 0 Å². The zero-order valence-corrected chi connectivity index (χ0v) is 17.3. The van der Waals surface area contributed by atoms with Crippen LogP contribution in [0.15, 0.2) is 4.79 Å². The summed E-state index contributed by atoms with van der Waals surface area (Å²) in [6.07, 6.45) is 2.94. The first kappa shape index (κ1) is 20.5. The van der Waals surface area contributed by atoms with Crippen LogP contribution in [-0.2, 0) is 23.0 Å². The topological polar surface area (TPSA) is 101 Å². The number of pyridine rings is 1. The van der Waals surface area contributed by atoms with Gasteiger partial charge in [-0.15, -0.1) is 0 Å². The van der Waals surface area contributed by atoms with E-state index in [1.165, 1.54) is 0 Å². The first-order valence-electron chi connectivity index (χ1n) is 9.88. The highest BCUT2D eigenvalue weighted by molar-refractivity contribution is 5.81. The van der Waals surface area contributed by atoms with Crippen molar-refractivity contribution in [3.63, 3.8) is 0 Å². The monoisotopic (exact) mass is 389 g/mol. The number of ether oxygens (including phenoxy) is 1. The number of nitrogens with zero attached hydrogens (tertiary/aromatic N) is 2. The number of aromatic nitrogens is 3. The predicted octanol–water partition coefficient (Wildman–Crippen LogP) is 0.943. The Morgan fingerprint density at radius 2 is 2.04 bits per heavy atom. The van der Waals surface area contributed by atoms with Gasteiger partial charge in [-0.05, 0) is 57.3 Å². The zero-order valence-electron chi connectivity index (χ0n) is 17.3. The second-order valence-corrected chi connectivity index (χ2v) is 7.96. The summed E-state index contributed by atoms with van der Waals surface area (Å²) in [5.41, 5.74) is 3.28. The number of amides is 1. The maximum absolute atomic E-state index is 12.5. The number of nitrogens with one attached hydrogen (secondary N) is 3. The summed E-state index contributed by atoms with van der Waals surface area (Å²) >= 11 is 0. The third-order valence-corrected chi connectivity index (χ3v) is 5.95. The largest absolute Gasteiger partial charge is 0.384 e. The molecule has 0 unspecified atom stereocenters. The molecule has 0 radical (unpaired) electrons. The fraction of sp³-hybridized carbons (Fsp3) is 0.650. The third-order valence-electron chi connectivity index (χ3n) is 5.95. The molecule has 0 aliphatic carbocycles. The number of hydrogen-bond donors (Lipinski definition) is 3. The van der Waals surface area contributed by atoms with Gasteiger partial charge in [0.05, 0.1) is 12.0 Å². The minimum Gasteiger partial charge on any atom is -0.384 e. The van der Waals surface area contributed by atoms with E-state index in [-0.39, 0.29) is 16.9 Å². The molecule has 1 fully saturated rings. The van der Waals surface area contributed by atoms with Crippen molar-refractivity contribution in [2.24, 2.45) is 12.5 Å². The van der Waals surface area contributed by atoms with Crippen molar-refractivity contribution in [2.75, 3.05) is 33.4 Å². The van der Waals surface area contributed by atoms with E-state index in [4.69, 9.17) is 4.74 Å². The van der Waals surface area contributed by atoms with Crippen molar-refractivity contribution >= 4 is 16.9 Å². The van der Waals surface area contributed by atoms with Crippen LogP contribution in [0.25, 0.3) is 11.0 Å². The van der Waals surface area contributed by atoms with E-state index in [1.807, 2.05) is 13.8 Å². The van der Waals surface area contributed by atoms with Crippen LogP contribution in [0.3, 0.4) is 0 Å². The highest BCUT2D eigenvalue weighted by Gasteiger charge is 2.32. The summed E-state index contributed by atoms with van der Waals surface area (Å²) in [7, 11) is 3.49. The summed E-state index contributed by atoms with van der Waals surface area (Å²) in [6, 6.07) is 0. The maximum Gasteiger partial charge on any atom is 0.273 e. The molecule has 1 aliphatic heterocycles. The molecular formula is C20H31N5O3. The molecular weight excluding hydrogens is 358 g/mol. The van der Waals surface area contributed by atoms with Gasteiger partial charge in [-0.1, -0.05) is 0 Å². The van der Waals surface area contributed by atoms with Gasteiger partial charge in [-0.2, -0.15) is 0 Å². The molecule has 8 heteroatoms. The molecule has 154 valence electrons. The lowest BCUT2D eigenvalue weighted by atomic mass is 9.79. The quantitative estimate of drug-likeness (QED) is 0.654. The second-order valence-electron chi connectivity index (χ2n) is 7.96. The van der Waals surface area contributed by atoms with Crippen LogP contribution in [0.4, 0.5) is 0 Å². The number of H-pyrrole nitrogens is 1. The minimum atomic E-state index is -0.138. The molecule has 1 saturated heterocycles. The standard InChI is InChI=1S/C20H31N5O3/c1-13-15(14(2)23-18-17(13)19(27)24-25(18)3)5-6-16(26)22-11-20(12-28-4)7-9-21-10-8-20/h21H,5-12H2,1-4H3,(H,22,26)(H,24,27). The Morgan fingerprint density at radius 3 is 2.71 bits per heavy atom. The normalized spacial score (nSPS) is 16.4. The predicted molar refractivity (Wildman–Crippen MR) is 109 cm³/mol. The van der Waals surface area contributed by atoms with Crippen LogP contribution >= 0.6 is 0 Å². The molecule has 3 N–H and O–H groups in total. The fourth-order valence-corrected chi connectivity index (χ4v) is 4.26. The average Bonchev–Trinajstić information content (AvgIpc) is 2.94. The van der Waals surface area contributed by atoms with Gasteiger partial charge in [0.15, 0.2) is 5.65 Å². The van der Waals surface area contributed by atoms with Gasteiger partial charge in [0.1, 0.15) is 0 Å². The molecule has 0 spiro atoms. The van der Waals surface area contributed by atoms with Crippen molar-refractivity contribution < 1.29 is 9.53 Å². The van der Waals surface area contributed by atoms with Crippen LogP contribution < -0.4 is 16.2 Å². The van der Waals surface area contributed by atoms with Crippen LogP contribution in [0.1, 0.15) is 36.1 Å². The Kier molecular flexibility index (Phi) is 6.20. The van der Waals surface area contributed by atoms with E-state index in [9.17, 15) is 9.59 Å². The van der Waals surface area contributed by atoms with E-state index in [0.29, 0.717) is 37.0 Å². The number of hydrogen-bond acceptors (Lipinski definition) is 5. The van der Waals surface area contributed by atoms with Crippen LogP contribution in [0.5, 0.6) is 0 Å². The SMILES string of the molecule is COCC1(CNC(=O)CCc2c(C)nc3c(c2C)c(=O)[nH]n3C)CCNCC1. The number of rotatable bonds is 7. The van der Waals surface area contributed by atoms with Crippen molar-refractivity contribution in [1.29, 1.82) is 0 Å². The Labute approximate surface area is 165 Å². The number of aryl methyl sites for hydroxylation is 3. The summed E-state index contributed by atoms with van der Waals surface area (Å²) in [5, 5.41) is 9.82. The van der Waals surface area contributed by atoms with Crippen molar-refractivity contribution in [3.8, 4) is 0 Å². The van der Waals surface area contributed by atoms with Gasteiger partial charge >= 0.3 is 0 Å². The smallest absolute Gasteiger partial charge is 0.273 e. The average molecular weight is 390 g/mol. The molecule has 0 aromatic carbocycles. The van der Waals surface area contributed by atoms with E-state index >= 15 is 0 Å². The summed E-state index contributed by atoms with van der Waals surface area (Å²) in [6.45, 7) is 7.06. The molecule has 0 atom stereocenters. The first-order valence-corrected chi connectivity index (χ1v) is 9.88. The molecule has 2 aromatic rings. The molecule has 8 nitrogen and oxygen atoms in total. The van der Waals surface area contributed by atoms with Crippen LogP contribution in [0, 0.1) is 19.3 Å². The number of carbonyl (C=O) groups is 1. The highest BCUT2D eigenvalue weighted by Crippen LogP contribution is 2.28. The molecule has 28 heavy (non-hydrogen) atoms. The highest BCUT2D eigenvalue weighted by atomic mass is 16.5. The molecule has 2 aromatic heterocycles. The van der Waals surface area contributed by atoms with Gasteiger partial charge in [0, 0.05) is 38.2 Å². The lowest BCUT2D eigenvalue weighted by Gasteiger charge is -2.37. The van der Waals surface area contributed by atoms with Gasteiger partial charge in [0.25, 0.3) is 5.56 Å². The van der Waals surface area contributed by atoms with Crippen molar-refractivity contribution in [3.05, 3.63) is 27.2 Å². The zero-order chi connectivity index (χ0) is 20.3. The minimum absolute atomic E-state index is 0.0132. The lowest BCUT2D eigenvalue weighted by molar-refractivity contribution is -0.122. The number of fused-ring (bicyclic) bond motifs is 1. The number of carbonyl (C=O) groups excluding carboxylic acids is 1. The molecule has 0 bridgehead atoms. The molecule has 1 amide bonds. The van der Waals surface area contributed by atoms with Gasteiger partial charge in [-0.3, -0.25) is 19.4 Å². The molecule has 3 rings (SSSR count). The second kappa shape index (κ2) is 8.45.